The molecule has 2 atom stereocenters. The van der Waals surface area contributed by atoms with Gasteiger partial charge in [-0.05, 0) is 48.6 Å². The minimum Gasteiger partial charge on any atom is -0.385 e. The van der Waals surface area contributed by atoms with Crippen LogP contribution in [-0.4, -0.2) is 17.5 Å². The molecule has 86 valence electrons. The Morgan fingerprint density at radius 2 is 2.25 bits per heavy atom. The van der Waals surface area contributed by atoms with E-state index in [9.17, 15) is 4.39 Å². The predicted octanol–water partition coefficient (Wildman–Crippen LogP) is 3.62. The summed E-state index contributed by atoms with van der Waals surface area (Å²) in [4.78, 5) is 0. The lowest BCUT2D eigenvalue weighted by molar-refractivity contribution is 0.574. The van der Waals surface area contributed by atoms with Crippen LogP contribution in [-0.2, 0) is 0 Å². The smallest absolute Gasteiger partial charge is 0.125 e. The van der Waals surface area contributed by atoms with Gasteiger partial charge in [-0.2, -0.15) is 11.8 Å². The highest BCUT2D eigenvalue weighted by atomic mass is 32.2. The first-order valence-electron chi connectivity index (χ1n) is 5.99. The first kappa shape index (κ1) is 10.5. The van der Waals surface area contributed by atoms with E-state index in [1.54, 1.807) is 12.1 Å². The lowest BCUT2D eigenvalue weighted by Crippen LogP contribution is -2.23. The maximum absolute atomic E-state index is 13.2. The number of fused-ring (bicyclic) bond motifs is 1. The van der Waals surface area contributed by atoms with Gasteiger partial charge in [-0.1, -0.05) is 6.07 Å². The van der Waals surface area contributed by atoms with Crippen LogP contribution in [0.3, 0.4) is 0 Å². The molecule has 1 fully saturated rings. The maximum Gasteiger partial charge on any atom is 0.125 e. The molecule has 1 nitrogen and oxygen atoms in total. The van der Waals surface area contributed by atoms with Crippen LogP contribution >= 0.6 is 11.8 Å². The molecule has 3 rings (SSSR count). The Bertz CT molecular complexity index is 388. The normalized spacial score (nSPS) is 28.6. The van der Waals surface area contributed by atoms with Crippen molar-refractivity contribution in [3.63, 3.8) is 0 Å². The van der Waals surface area contributed by atoms with E-state index in [0.717, 1.165) is 17.5 Å². The molecule has 1 saturated heterocycles. The largest absolute Gasteiger partial charge is 0.385 e. The van der Waals surface area contributed by atoms with Gasteiger partial charge in [-0.15, -0.1) is 0 Å². The van der Waals surface area contributed by atoms with E-state index in [1.165, 1.54) is 30.6 Å². The summed E-state index contributed by atoms with van der Waals surface area (Å²) in [6.45, 7) is 0.984. The van der Waals surface area contributed by atoms with Gasteiger partial charge >= 0.3 is 0 Å². The van der Waals surface area contributed by atoms with Crippen molar-refractivity contribution >= 4 is 17.4 Å². The van der Waals surface area contributed by atoms with E-state index in [1.807, 2.05) is 6.07 Å². The average molecular weight is 237 g/mol. The Balaban J connectivity index is 1.93. The highest BCUT2D eigenvalue weighted by molar-refractivity contribution is 8.00. The molecule has 1 aromatic rings. The minimum absolute atomic E-state index is 0.133. The van der Waals surface area contributed by atoms with Gasteiger partial charge < -0.3 is 5.32 Å². The molecule has 16 heavy (non-hydrogen) atoms. The Labute approximate surface area is 99.8 Å². The van der Waals surface area contributed by atoms with Crippen LogP contribution < -0.4 is 5.32 Å². The third kappa shape index (κ3) is 1.81. The van der Waals surface area contributed by atoms with E-state index in [2.05, 4.69) is 17.1 Å². The molecule has 0 spiro atoms. The molecule has 0 saturated carbocycles. The molecule has 2 aliphatic rings. The number of hydrogen-bond donors (Lipinski definition) is 1. The summed E-state index contributed by atoms with van der Waals surface area (Å²) in [6.07, 6.45) is 3.86. The number of halogens is 1. The van der Waals surface area contributed by atoms with Gasteiger partial charge in [0.2, 0.25) is 0 Å². The number of anilines is 1. The Hall–Kier alpha value is -0.700. The highest BCUT2D eigenvalue weighted by Gasteiger charge is 2.30. The van der Waals surface area contributed by atoms with Crippen LogP contribution in [0.1, 0.15) is 30.7 Å². The van der Waals surface area contributed by atoms with Gasteiger partial charge in [0.25, 0.3) is 0 Å². The van der Waals surface area contributed by atoms with E-state index in [4.69, 9.17) is 0 Å². The number of nitrogens with one attached hydrogen (secondary N) is 1. The zero-order valence-electron chi connectivity index (χ0n) is 9.21. The van der Waals surface area contributed by atoms with Crippen molar-refractivity contribution in [1.82, 2.24) is 0 Å². The van der Waals surface area contributed by atoms with Crippen molar-refractivity contribution in [2.75, 3.05) is 17.6 Å². The monoisotopic (exact) mass is 237 g/mol. The zero-order valence-corrected chi connectivity index (χ0v) is 10.0. The third-order valence-electron chi connectivity index (χ3n) is 3.60. The summed E-state index contributed by atoms with van der Waals surface area (Å²) in [5.74, 6) is 1.79. The molecule has 0 aliphatic carbocycles. The second kappa shape index (κ2) is 4.28. The van der Waals surface area contributed by atoms with Crippen molar-refractivity contribution < 1.29 is 4.39 Å². The van der Waals surface area contributed by atoms with Crippen LogP contribution in [0, 0.1) is 5.82 Å². The topological polar surface area (TPSA) is 12.0 Å². The number of thioether (sulfide) groups is 1. The van der Waals surface area contributed by atoms with Crippen molar-refractivity contribution in [2.24, 2.45) is 0 Å². The van der Waals surface area contributed by atoms with Crippen molar-refractivity contribution in [1.29, 1.82) is 0 Å². The molecule has 1 N–H and O–H groups in total. The molecule has 1 aromatic carbocycles. The summed E-state index contributed by atoms with van der Waals surface area (Å²) in [5, 5.41) is 4.06. The summed E-state index contributed by atoms with van der Waals surface area (Å²) >= 11 is 2.10. The fraction of sp³-hybridized carbons (Fsp3) is 0.538. The first-order valence-corrected chi connectivity index (χ1v) is 7.04. The quantitative estimate of drug-likeness (QED) is 0.800. The molecular weight excluding hydrogens is 221 g/mol. The van der Waals surface area contributed by atoms with Gasteiger partial charge in [0, 0.05) is 17.5 Å². The van der Waals surface area contributed by atoms with E-state index < -0.39 is 0 Å². The molecule has 0 aromatic heterocycles. The fourth-order valence-electron chi connectivity index (χ4n) is 2.83. The summed E-state index contributed by atoms with van der Waals surface area (Å²) in [7, 11) is 0. The summed E-state index contributed by atoms with van der Waals surface area (Å²) in [5.41, 5.74) is 2.34. The SMILES string of the molecule is Fc1ccc2c(c1)NCCC2C1CCCS1. The fourth-order valence-corrected chi connectivity index (χ4v) is 4.31. The zero-order chi connectivity index (χ0) is 11.0. The van der Waals surface area contributed by atoms with E-state index >= 15 is 0 Å². The molecule has 2 aliphatic heterocycles. The van der Waals surface area contributed by atoms with E-state index in [0.29, 0.717) is 5.92 Å². The van der Waals surface area contributed by atoms with Gasteiger partial charge in [0.1, 0.15) is 5.82 Å². The molecular formula is C13H16FNS. The Morgan fingerprint density at radius 3 is 3.06 bits per heavy atom. The minimum atomic E-state index is -0.133. The van der Waals surface area contributed by atoms with Crippen LogP contribution in [0.25, 0.3) is 0 Å². The first-order chi connectivity index (χ1) is 7.84. The van der Waals surface area contributed by atoms with Crippen molar-refractivity contribution in [3.05, 3.63) is 29.6 Å². The van der Waals surface area contributed by atoms with Crippen LogP contribution in [0.4, 0.5) is 10.1 Å². The lowest BCUT2D eigenvalue weighted by atomic mass is 9.86. The number of benzene rings is 1. The highest BCUT2D eigenvalue weighted by Crippen LogP contribution is 2.43. The molecule has 0 radical (unpaired) electrons. The molecule has 2 unspecified atom stereocenters. The molecule has 3 heteroatoms. The second-order valence-corrected chi connectivity index (χ2v) is 5.95. The summed E-state index contributed by atoms with van der Waals surface area (Å²) in [6, 6.07) is 5.21. The molecule has 0 bridgehead atoms. The van der Waals surface area contributed by atoms with Gasteiger partial charge in [-0.25, -0.2) is 4.39 Å². The van der Waals surface area contributed by atoms with Crippen LogP contribution in [0.2, 0.25) is 0 Å². The standard InChI is InChI=1S/C13H16FNS/c14-9-3-4-10-11(13-2-1-7-16-13)5-6-15-12(10)8-9/h3-4,8,11,13,15H,1-2,5-7H2. The lowest BCUT2D eigenvalue weighted by Gasteiger charge is -2.30. The van der Waals surface area contributed by atoms with Crippen molar-refractivity contribution in [3.8, 4) is 0 Å². The van der Waals surface area contributed by atoms with Gasteiger partial charge in [0.05, 0.1) is 0 Å². The van der Waals surface area contributed by atoms with Crippen LogP contribution in [0.5, 0.6) is 0 Å². The molecule has 2 heterocycles. The maximum atomic E-state index is 13.2. The number of hydrogen-bond acceptors (Lipinski definition) is 2. The van der Waals surface area contributed by atoms with Gasteiger partial charge in [0.15, 0.2) is 0 Å². The van der Waals surface area contributed by atoms with E-state index in [-0.39, 0.29) is 5.82 Å². The average Bonchev–Trinajstić information content (AvgIpc) is 2.81. The number of rotatable bonds is 1. The third-order valence-corrected chi connectivity index (χ3v) is 5.12. The Kier molecular flexibility index (Phi) is 2.80. The van der Waals surface area contributed by atoms with Crippen molar-refractivity contribution in [2.45, 2.75) is 30.4 Å². The summed E-state index contributed by atoms with van der Waals surface area (Å²) < 4.78 is 13.2. The van der Waals surface area contributed by atoms with Gasteiger partial charge in [-0.3, -0.25) is 0 Å². The predicted molar refractivity (Wildman–Crippen MR) is 67.7 cm³/mol. The second-order valence-electron chi connectivity index (χ2n) is 4.60. The van der Waals surface area contributed by atoms with Crippen LogP contribution in [0.15, 0.2) is 18.2 Å². The molecule has 0 amide bonds. The Morgan fingerprint density at radius 1 is 1.31 bits per heavy atom.